The molecule has 1 saturated carbocycles. The molecule has 0 radical (unpaired) electrons. The summed E-state index contributed by atoms with van der Waals surface area (Å²) in [5.74, 6) is 1.26. The van der Waals surface area contributed by atoms with Crippen LogP contribution >= 0.6 is 0 Å². The summed E-state index contributed by atoms with van der Waals surface area (Å²) in [4.78, 5) is 0. The van der Waals surface area contributed by atoms with E-state index in [2.05, 4.69) is 11.7 Å². The molecule has 0 heterocycles. The average molecular weight is 455 g/mol. The summed E-state index contributed by atoms with van der Waals surface area (Å²) in [6.07, 6.45) is 2.80. The fourth-order valence-corrected chi connectivity index (χ4v) is 4.46. The van der Waals surface area contributed by atoms with Crippen LogP contribution in [-0.2, 0) is 18.7 Å². The molecule has 2 aromatic rings. The number of ether oxygens (including phenoxy) is 1. The Labute approximate surface area is 187 Å². The van der Waals surface area contributed by atoms with Crippen molar-refractivity contribution >= 4 is 0 Å². The normalized spacial score (nSPS) is 19.7. The van der Waals surface area contributed by atoms with Crippen LogP contribution in [-0.4, -0.2) is 0 Å². The molecule has 0 bridgehead atoms. The van der Waals surface area contributed by atoms with Crippen molar-refractivity contribution in [3.63, 3.8) is 0 Å². The zero-order chi connectivity index (χ0) is 23.2. The lowest BCUT2D eigenvalue weighted by Gasteiger charge is -2.28. The third kappa shape index (κ3) is 6.94. The first-order valence-corrected chi connectivity index (χ1v) is 11.5. The highest BCUT2D eigenvalue weighted by atomic mass is 19.4. The van der Waals surface area contributed by atoms with Crippen molar-refractivity contribution in [2.75, 3.05) is 0 Å². The fourth-order valence-electron chi connectivity index (χ4n) is 4.46. The molecule has 176 valence electrons. The van der Waals surface area contributed by atoms with E-state index in [0.717, 1.165) is 48.6 Å². The Morgan fingerprint density at radius 2 is 1.28 bits per heavy atom. The molecule has 6 heteroatoms. The van der Waals surface area contributed by atoms with Crippen molar-refractivity contribution < 1.29 is 26.7 Å². The summed E-state index contributed by atoms with van der Waals surface area (Å²) in [5.41, 5.74) is -0.225. The molecule has 1 nitrogen and oxygen atoms in total. The summed E-state index contributed by atoms with van der Waals surface area (Å²) in [7, 11) is 0. The predicted octanol–water partition coefficient (Wildman–Crippen LogP) is 8.76. The summed E-state index contributed by atoms with van der Waals surface area (Å²) in [5, 5.41) is 0. The molecule has 0 saturated heterocycles. The van der Waals surface area contributed by atoms with Gasteiger partial charge in [-0.3, -0.25) is 0 Å². The van der Waals surface area contributed by atoms with Gasteiger partial charge in [-0.15, -0.1) is 0 Å². The van der Waals surface area contributed by atoms with Gasteiger partial charge in [-0.05, 0) is 66.6 Å². The lowest BCUT2D eigenvalue weighted by atomic mass is 9.78. The number of aryl methyl sites for hydroxylation is 1. The maximum atomic E-state index is 14.5. The zero-order valence-corrected chi connectivity index (χ0v) is 18.4. The molecular formula is C26H31F5O. The average Bonchev–Trinajstić information content (AvgIpc) is 2.77. The molecule has 1 aliphatic carbocycles. The first kappa shape index (κ1) is 24.5. The van der Waals surface area contributed by atoms with E-state index >= 15 is 0 Å². The van der Waals surface area contributed by atoms with Gasteiger partial charge in [0.15, 0.2) is 0 Å². The van der Waals surface area contributed by atoms with E-state index in [-0.39, 0.29) is 11.3 Å². The molecule has 2 aromatic carbocycles. The highest BCUT2D eigenvalue weighted by Crippen LogP contribution is 2.36. The largest absolute Gasteiger partial charge is 0.429 e. The van der Waals surface area contributed by atoms with Gasteiger partial charge in [-0.2, -0.15) is 22.0 Å². The van der Waals surface area contributed by atoms with E-state index in [1.165, 1.54) is 57.1 Å². The molecule has 0 unspecified atom stereocenters. The number of halogens is 5. The van der Waals surface area contributed by atoms with Crippen LogP contribution in [0.4, 0.5) is 22.0 Å². The van der Waals surface area contributed by atoms with Crippen molar-refractivity contribution in [3.05, 3.63) is 65.2 Å². The molecule has 0 atom stereocenters. The summed E-state index contributed by atoms with van der Waals surface area (Å²) in [6, 6.07) is 9.31. The van der Waals surface area contributed by atoms with Crippen molar-refractivity contribution in [1.29, 1.82) is 0 Å². The summed E-state index contributed by atoms with van der Waals surface area (Å²) >= 11 is 0. The first-order chi connectivity index (χ1) is 15.2. The van der Waals surface area contributed by atoms with Crippen LogP contribution in [0, 0.1) is 11.8 Å². The number of hydrogen-bond acceptors (Lipinski definition) is 1. The van der Waals surface area contributed by atoms with Gasteiger partial charge in [-0.25, -0.2) is 0 Å². The van der Waals surface area contributed by atoms with Crippen LogP contribution in [0.2, 0.25) is 0 Å². The van der Waals surface area contributed by atoms with Crippen LogP contribution in [0.15, 0.2) is 48.5 Å². The van der Waals surface area contributed by atoms with Gasteiger partial charge in [0.25, 0.3) is 0 Å². The summed E-state index contributed by atoms with van der Waals surface area (Å²) < 4.78 is 71.5. The molecule has 1 fully saturated rings. The Bertz CT molecular complexity index is 819. The second kappa shape index (κ2) is 10.7. The molecule has 32 heavy (non-hydrogen) atoms. The molecule has 0 spiro atoms. The lowest BCUT2D eigenvalue weighted by Crippen LogP contribution is -2.22. The van der Waals surface area contributed by atoms with Gasteiger partial charge >= 0.3 is 12.3 Å². The molecule has 0 aromatic heterocycles. The van der Waals surface area contributed by atoms with Crippen molar-refractivity contribution in [3.8, 4) is 5.75 Å². The van der Waals surface area contributed by atoms with E-state index in [0.29, 0.717) is 5.92 Å². The zero-order valence-electron chi connectivity index (χ0n) is 18.4. The van der Waals surface area contributed by atoms with Gasteiger partial charge in [0.05, 0.1) is 11.1 Å². The van der Waals surface area contributed by atoms with Crippen molar-refractivity contribution in [2.24, 2.45) is 11.8 Å². The molecule has 1 aliphatic rings. The minimum atomic E-state index is -4.52. The Morgan fingerprint density at radius 1 is 0.750 bits per heavy atom. The third-order valence-electron chi connectivity index (χ3n) is 6.49. The van der Waals surface area contributed by atoms with E-state index in [9.17, 15) is 22.0 Å². The minimum absolute atomic E-state index is 0.318. The van der Waals surface area contributed by atoms with E-state index in [4.69, 9.17) is 0 Å². The first-order valence-electron chi connectivity index (χ1n) is 11.5. The quantitative estimate of drug-likeness (QED) is 0.344. The van der Waals surface area contributed by atoms with Gasteiger partial charge in [0.2, 0.25) is 0 Å². The summed E-state index contributed by atoms with van der Waals surface area (Å²) in [6.45, 7) is 2.23. The molecule has 3 rings (SSSR count). The fraction of sp³-hybridized carbons (Fsp3) is 0.538. The molecular weight excluding hydrogens is 423 g/mol. The maximum absolute atomic E-state index is 14.5. The SMILES string of the molecule is CCCC[C@H]1CC[C@H](CCc2ccc(C(F)(F)Oc3ccc(C(F)(F)F)cc3)cc2)CC1. The van der Waals surface area contributed by atoms with Crippen LogP contribution in [0.3, 0.4) is 0 Å². The second-order valence-electron chi connectivity index (χ2n) is 8.91. The van der Waals surface area contributed by atoms with E-state index < -0.39 is 17.8 Å². The van der Waals surface area contributed by atoms with Crippen LogP contribution < -0.4 is 4.74 Å². The number of hydrogen-bond donors (Lipinski definition) is 0. The standard InChI is InChI=1S/C26H31F5O/c1-2-3-4-19-5-7-20(8-6-19)9-10-21-11-13-23(14-12-21)26(30,31)32-24-17-15-22(16-18-24)25(27,28)29/h11-20H,2-10H2,1H3/t19-,20-. The van der Waals surface area contributed by atoms with Crippen molar-refractivity contribution in [1.82, 2.24) is 0 Å². The van der Waals surface area contributed by atoms with Gasteiger partial charge in [0, 0.05) is 0 Å². The van der Waals surface area contributed by atoms with Crippen LogP contribution in [0.25, 0.3) is 0 Å². The minimum Gasteiger partial charge on any atom is -0.429 e. The van der Waals surface area contributed by atoms with Crippen molar-refractivity contribution in [2.45, 2.75) is 77.0 Å². The van der Waals surface area contributed by atoms with Gasteiger partial charge in [0.1, 0.15) is 5.75 Å². The smallest absolute Gasteiger partial charge is 0.426 e. The Hall–Kier alpha value is -2.11. The monoisotopic (exact) mass is 454 g/mol. The highest BCUT2D eigenvalue weighted by molar-refractivity contribution is 5.31. The van der Waals surface area contributed by atoms with Gasteiger partial charge < -0.3 is 4.74 Å². The third-order valence-corrected chi connectivity index (χ3v) is 6.49. The Balaban J connectivity index is 1.50. The Morgan fingerprint density at radius 3 is 1.81 bits per heavy atom. The van der Waals surface area contributed by atoms with Crippen LogP contribution in [0.1, 0.15) is 75.0 Å². The Kier molecular flexibility index (Phi) is 8.18. The molecule has 0 aliphatic heterocycles. The molecule has 0 amide bonds. The lowest BCUT2D eigenvalue weighted by molar-refractivity contribution is -0.185. The topological polar surface area (TPSA) is 9.23 Å². The second-order valence-corrected chi connectivity index (χ2v) is 8.91. The van der Waals surface area contributed by atoms with E-state index in [1.54, 1.807) is 12.1 Å². The van der Waals surface area contributed by atoms with Gasteiger partial charge in [-0.1, -0.05) is 64.0 Å². The maximum Gasteiger partial charge on any atom is 0.426 e. The number of alkyl halides is 5. The predicted molar refractivity (Wildman–Crippen MR) is 116 cm³/mol. The number of unbranched alkanes of at least 4 members (excludes halogenated alkanes) is 1. The number of benzene rings is 2. The van der Waals surface area contributed by atoms with E-state index in [1.807, 2.05) is 0 Å². The van der Waals surface area contributed by atoms with Crippen LogP contribution in [0.5, 0.6) is 5.75 Å². The number of rotatable bonds is 9. The highest BCUT2D eigenvalue weighted by Gasteiger charge is 2.35. The molecule has 0 N–H and O–H groups in total.